The molecule has 19 heavy (non-hydrogen) atoms. The molecule has 0 bridgehead atoms. The van der Waals surface area contributed by atoms with Crippen molar-refractivity contribution in [1.82, 2.24) is 5.32 Å². The summed E-state index contributed by atoms with van der Waals surface area (Å²) in [5.74, 6) is -0.374. The number of carbonyl (C=O) groups excluding carboxylic acids is 1. The van der Waals surface area contributed by atoms with Crippen LogP contribution in [-0.4, -0.2) is 24.2 Å². The molecule has 4 nitrogen and oxygen atoms in total. The summed E-state index contributed by atoms with van der Waals surface area (Å²) in [5, 5.41) is 14.8. The minimum atomic E-state index is -0.374. The molecule has 0 spiro atoms. The molecule has 1 fully saturated rings. The van der Waals surface area contributed by atoms with Crippen LogP contribution < -0.4 is 11.1 Å². The quantitative estimate of drug-likeness (QED) is 0.745. The van der Waals surface area contributed by atoms with Crippen molar-refractivity contribution in [1.29, 1.82) is 0 Å². The van der Waals surface area contributed by atoms with E-state index in [4.69, 9.17) is 5.73 Å². The van der Waals surface area contributed by atoms with Gasteiger partial charge in [0.25, 0.3) is 0 Å². The summed E-state index contributed by atoms with van der Waals surface area (Å²) in [5.41, 5.74) is 5.87. The molecule has 1 aromatic heterocycles. The van der Waals surface area contributed by atoms with Gasteiger partial charge in [0.2, 0.25) is 5.91 Å². The molecular formula is C14H22N2O2S. The fourth-order valence-corrected chi connectivity index (χ4v) is 3.59. The highest BCUT2D eigenvalue weighted by atomic mass is 32.1. The standard InChI is InChI=1S/C14H22N2O2S/c15-13(18)11-6-12(19-8-11)7-16-9-14(10-17)4-2-1-3-5-14/h6,8,16-17H,1-5,7,9-10H2,(H2,15,18). The Balaban J connectivity index is 1.82. The van der Waals surface area contributed by atoms with Crippen LogP contribution in [0.4, 0.5) is 0 Å². The number of amides is 1. The number of carbonyl (C=O) groups is 1. The second-order valence-corrected chi connectivity index (χ2v) is 6.48. The Hall–Kier alpha value is -0.910. The van der Waals surface area contributed by atoms with Gasteiger partial charge in [0.15, 0.2) is 0 Å². The number of hydrogen-bond acceptors (Lipinski definition) is 4. The Morgan fingerprint density at radius 3 is 2.74 bits per heavy atom. The van der Waals surface area contributed by atoms with E-state index >= 15 is 0 Å². The van der Waals surface area contributed by atoms with Gasteiger partial charge in [0.05, 0.1) is 5.56 Å². The van der Waals surface area contributed by atoms with E-state index in [1.807, 2.05) is 6.07 Å². The molecule has 0 saturated heterocycles. The lowest BCUT2D eigenvalue weighted by Crippen LogP contribution is -2.38. The third-order valence-corrected chi connectivity index (χ3v) is 4.92. The lowest BCUT2D eigenvalue weighted by molar-refractivity contribution is 0.0811. The minimum absolute atomic E-state index is 0.0576. The van der Waals surface area contributed by atoms with Crippen LogP contribution in [0.5, 0.6) is 0 Å². The predicted molar refractivity (Wildman–Crippen MR) is 77.1 cm³/mol. The third kappa shape index (κ3) is 3.78. The second kappa shape index (κ2) is 6.50. The summed E-state index contributed by atoms with van der Waals surface area (Å²) >= 11 is 1.55. The first-order valence-electron chi connectivity index (χ1n) is 6.84. The molecule has 1 aliphatic carbocycles. The van der Waals surface area contributed by atoms with Crippen LogP contribution in [0.25, 0.3) is 0 Å². The fourth-order valence-electron chi connectivity index (χ4n) is 2.75. The topological polar surface area (TPSA) is 75.4 Å². The lowest BCUT2D eigenvalue weighted by atomic mass is 9.74. The van der Waals surface area contributed by atoms with E-state index in [1.54, 1.807) is 16.7 Å². The van der Waals surface area contributed by atoms with E-state index in [-0.39, 0.29) is 17.9 Å². The van der Waals surface area contributed by atoms with Gasteiger partial charge in [0, 0.05) is 35.4 Å². The maximum absolute atomic E-state index is 11.0. The van der Waals surface area contributed by atoms with Crippen molar-refractivity contribution < 1.29 is 9.90 Å². The largest absolute Gasteiger partial charge is 0.396 e. The van der Waals surface area contributed by atoms with E-state index in [0.29, 0.717) is 5.56 Å². The van der Waals surface area contributed by atoms with Crippen LogP contribution in [-0.2, 0) is 6.54 Å². The van der Waals surface area contributed by atoms with E-state index in [9.17, 15) is 9.90 Å². The van der Waals surface area contributed by atoms with Crippen LogP contribution in [0.3, 0.4) is 0 Å². The molecular weight excluding hydrogens is 260 g/mol. The molecule has 0 atom stereocenters. The number of thiophene rings is 1. The lowest BCUT2D eigenvalue weighted by Gasteiger charge is -2.35. The highest BCUT2D eigenvalue weighted by molar-refractivity contribution is 7.10. The van der Waals surface area contributed by atoms with Gasteiger partial charge in [-0.25, -0.2) is 0 Å². The fraction of sp³-hybridized carbons (Fsp3) is 0.643. The highest BCUT2D eigenvalue weighted by Gasteiger charge is 2.30. The molecule has 0 aliphatic heterocycles. The zero-order valence-electron chi connectivity index (χ0n) is 11.2. The van der Waals surface area contributed by atoms with Crippen molar-refractivity contribution in [3.8, 4) is 0 Å². The van der Waals surface area contributed by atoms with E-state index in [2.05, 4.69) is 5.32 Å². The molecule has 0 unspecified atom stereocenters. The zero-order valence-corrected chi connectivity index (χ0v) is 12.0. The first-order valence-corrected chi connectivity index (χ1v) is 7.72. The normalized spacial score (nSPS) is 18.4. The van der Waals surface area contributed by atoms with Crippen molar-refractivity contribution in [3.05, 3.63) is 21.9 Å². The van der Waals surface area contributed by atoms with Crippen LogP contribution >= 0.6 is 11.3 Å². The first-order chi connectivity index (χ1) is 9.15. The molecule has 106 valence electrons. The molecule has 1 heterocycles. The van der Waals surface area contributed by atoms with Crippen LogP contribution in [0, 0.1) is 5.41 Å². The minimum Gasteiger partial charge on any atom is -0.396 e. The number of primary amides is 1. The van der Waals surface area contributed by atoms with E-state index in [0.717, 1.165) is 30.8 Å². The molecule has 1 aromatic rings. The Bertz CT molecular complexity index is 425. The van der Waals surface area contributed by atoms with Gasteiger partial charge in [-0.15, -0.1) is 11.3 Å². The third-order valence-electron chi connectivity index (χ3n) is 3.99. The molecule has 5 heteroatoms. The van der Waals surface area contributed by atoms with Gasteiger partial charge >= 0.3 is 0 Å². The number of rotatable bonds is 6. The van der Waals surface area contributed by atoms with Gasteiger partial charge < -0.3 is 16.2 Å². The summed E-state index contributed by atoms with van der Waals surface area (Å²) < 4.78 is 0. The van der Waals surface area contributed by atoms with Crippen molar-refractivity contribution in [2.24, 2.45) is 11.1 Å². The maximum atomic E-state index is 11.0. The highest BCUT2D eigenvalue weighted by Crippen LogP contribution is 2.35. The molecule has 1 aliphatic rings. The number of aliphatic hydroxyl groups excluding tert-OH is 1. The maximum Gasteiger partial charge on any atom is 0.249 e. The van der Waals surface area contributed by atoms with Crippen LogP contribution in [0.15, 0.2) is 11.4 Å². The smallest absolute Gasteiger partial charge is 0.249 e. The van der Waals surface area contributed by atoms with Gasteiger partial charge in [0.1, 0.15) is 0 Å². The monoisotopic (exact) mass is 282 g/mol. The summed E-state index contributed by atoms with van der Waals surface area (Å²) in [4.78, 5) is 12.1. The van der Waals surface area contributed by atoms with Crippen LogP contribution in [0.1, 0.15) is 47.3 Å². The van der Waals surface area contributed by atoms with Crippen molar-refractivity contribution in [2.45, 2.75) is 38.6 Å². The average molecular weight is 282 g/mol. The van der Waals surface area contributed by atoms with E-state index in [1.165, 1.54) is 19.3 Å². The van der Waals surface area contributed by atoms with Gasteiger partial charge in [-0.2, -0.15) is 0 Å². The van der Waals surface area contributed by atoms with Gasteiger partial charge in [-0.1, -0.05) is 19.3 Å². The molecule has 2 rings (SSSR count). The van der Waals surface area contributed by atoms with Crippen molar-refractivity contribution in [3.63, 3.8) is 0 Å². The van der Waals surface area contributed by atoms with Crippen molar-refractivity contribution in [2.75, 3.05) is 13.2 Å². The van der Waals surface area contributed by atoms with E-state index < -0.39 is 0 Å². The summed E-state index contributed by atoms with van der Waals surface area (Å²) in [6.07, 6.45) is 5.93. The SMILES string of the molecule is NC(=O)c1csc(CNCC2(CO)CCCCC2)c1. The Kier molecular flexibility index (Phi) is 4.96. The van der Waals surface area contributed by atoms with Crippen molar-refractivity contribution >= 4 is 17.2 Å². The van der Waals surface area contributed by atoms with Gasteiger partial charge in [-0.05, 0) is 18.9 Å². The molecule has 0 radical (unpaired) electrons. The van der Waals surface area contributed by atoms with Crippen LogP contribution in [0.2, 0.25) is 0 Å². The molecule has 4 N–H and O–H groups in total. The Morgan fingerprint density at radius 1 is 1.42 bits per heavy atom. The van der Waals surface area contributed by atoms with Gasteiger partial charge in [-0.3, -0.25) is 4.79 Å². The number of nitrogens with one attached hydrogen (secondary N) is 1. The summed E-state index contributed by atoms with van der Waals surface area (Å²) in [6.45, 7) is 1.84. The first kappa shape index (κ1) is 14.5. The number of nitrogens with two attached hydrogens (primary N) is 1. The average Bonchev–Trinajstić information content (AvgIpc) is 2.89. The number of hydrogen-bond donors (Lipinski definition) is 3. The predicted octanol–water partition coefficient (Wildman–Crippen LogP) is 1.88. The molecule has 0 aromatic carbocycles. The second-order valence-electron chi connectivity index (χ2n) is 5.49. The summed E-state index contributed by atoms with van der Waals surface area (Å²) in [6, 6.07) is 1.84. The summed E-state index contributed by atoms with van der Waals surface area (Å²) in [7, 11) is 0. The molecule has 1 saturated carbocycles. The Labute approximate surface area is 118 Å². The molecule has 1 amide bonds. The number of aliphatic hydroxyl groups is 1. The zero-order chi connectivity index (χ0) is 13.7. The Morgan fingerprint density at radius 2 is 2.16 bits per heavy atom.